The van der Waals surface area contributed by atoms with Crippen LogP contribution in [0.2, 0.25) is 0 Å². The number of carbonyl (C=O) groups excluding carboxylic acids is 1. The number of carbonyl (C=O) groups is 1. The minimum atomic E-state index is -0.496. The Hall–Kier alpha value is -1.42. The summed E-state index contributed by atoms with van der Waals surface area (Å²) in [7, 11) is 3.87. The molecule has 0 spiro atoms. The van der Waals surface area contributed by atoms with Gasteiger partial charge in [-0.05, 0) is 45.5 Å². The number of hydrogen-bond donors (Lipinski definition) is 1. The van der Waals surface area contributed by atoms with Crippen molar-refractivity contribution < 1.29 is 4.79 Å². The Morgan fingerprint density at radius 1 is 1.39 bits per heavy atom. The zero-order valence-electron chi connectivity index (χ0n) is 11.9. The lowest BCUT2D eigenvalue weighted by molar-refractivity contribution is 0.0657. The molecular weight excluding hydrogens is 226 g/mol. The minimum Gasteiger partial charge on any atom is -0.383 e. The molecule has 1 heterocycles. The molecular formula is C14H23N3O. The van der Waals surface area contributed by atoms with Gasteiger partial charge in [0.1, 0.15) is 5.82 Å². The van der Waals surface area contributed by atoms with Crippen LogP contribution in [0.4, 0.5) is 5.82 Å². The van der Waals surface area contributed by atoms with Crippen LogP contribution in [0.3, 0.4) is 0 Å². The van der Waals surface area contributed by atoms with Gasteiger partial charge in [0, 0.05) is 6.20 Å². The zero-order chi connectivity index (χ0) is 13.9. The van der Waals surface area contributed by atoms with Gasteiger partial charge in [0.25, 0.3) is 0 Å². The maximum absolute atomic E-state index is 12.8. The molecule has 2 N–H and O–H groups in total. The van der Waals surface area contributed by atoms with E-state index in [0.29, 0.717) is 11.4 Å². The van der Waals surface area contributed by atoms with Gasteiger partial charge < -0.3 is 5.73 Å². The van der Waals surface area contributed by atoms with Gasteiger partial charge in [0.2, 0.25) is 0 Å². The molecule has 0 saturated carbocycles. The van der Waals surface area contributed by atoms with E-state index >= 15 is 0 Å². The van der Waals surface area contributed by atoms with Crippen LogP contribution in [-0.4, -0.2) is 35.3 Å². The Labute approximate surface area is 109 Å². The third-order valence-corrected chi connectivity index (χ3v) is 3.75. The predicted molar refractivity (Wildman–Crippen MR) is 74.7 cm³/mol. The van der Waals surface area contributed by atoms with Crippen LogP contribution in [0.15, 0.2) is 12.3 Å². The highest BCUT2D eigenvalue weighted by Gasteiger charge is 2.38. The molecule has 0 aliphatic heterocycles. The standard InChI is InChI=1S/C14H23N3O/c1-6-14(7-2,17(4)5)12(18)11-8-10(3)9-16-13(11)15/h8-9H,6-7H2,1-5H3,(H2,15,16). The SMILES string of the molecule is CCC(CC)(C(=O)c1cc(C)cnc1N)N(C)C. The van der Waals surface area contributed by atoms with Crippen LogP contribution in [0.5, 0.6) is 0 Å². The quantitative estimate of drug-likeness (QED) is 0.813. The molecule has 18 heavy (non-hydrogen) atoms. The molecule has 0 atom stereocenters. The molecule has 1 aromatic rings. The number of rotatable bonds is 5. The van der Waals surface area contributed by atoms with Crippen molar-refractivity contribution in [1.29, 1.82) is 0 Å². The highest BCUT2D eigenvalue weighted by molar-refractivity contribution is 6.06. The van der Waals surface area contributed by atoms with Crippen molar-refractivity contribution in [1.82, 2.24) is 9.88 Å². The molecule has 0 aliphatic carbocycles. The van der Waals surface area contributed by atoms with Crippen molar-refractivity contribution in [3.63, 3.8) is 0 Å². The average molecular weight is 249 g/mol. The molecule has 0 unspecified atom stereocenters. The van der Waals surface area contributed by atoms with Crippen LogP contribution in [0.1, 0.15) is 42.6 Å². The molecule has 100 valence electrons. The first-order valence-corrected chi connectivity index (χ1v) is 6.33. The number of hydrogen-bond acceptors (Lipinski definition) is 4. The van der Waals surface area contributed by atoms with Crippen LogP contribution in [0.25, 0.3) is 0 Å². The smallest absolute Gasteiger partial charge is 0.186 e. The van der Waals surface area contributed by atoms with E-state index in [-0.39, 0.29) is 5.78 Å². The van der Waals surface area contributed by atoms with Crippen molar-refractivity contribution in [3.05, 3.63) is 23.4 Å². The highest BCUT2D eigenvalue weighted by atomic mass is 16.1. The number of aromatic nitrogens is 1. The largest absolute Gasteiger partial charge is 0.383 e. The maximum atomic E-state index is 12.8. The average Bonchev–Trinajstić information content (AvgIpc) is 2.34. The number of aryl methyl sites for hydroxylation is 1. The van der Waals surface area contributed by atoms with Crippen LogP contribution in [-0.2, 0) is 0 Å². The van der Waals surface area contributed by atoms with E-state index in [4.69, 9.17) is 5.73 Å². The molecule has 0 radical (unpaired) electrons. The predicted octanol–water partition coefficient (Wildman–Crippen LogP) is 2.28. The summed E-state index contributed by atoms with van der Waals surface area (Å²) >= 11 is 0. The third-order valence-electron chi connectivity index (χ3n) is 3.75. The topological polar surface area (TPSA) is 59.2 Å². The summed E-state index contributed by atoms with van der Waals surface area (Å²) in [6.07, 6.45) is 3.19. The lowest BCUT2D eigenvalue weighted by Crippen LogP contribution is -2.50. The Morgan fingerprint density at radius 2 is 1.94 bits per heavy atom. The summed E-state index contributed by atoms with van der Waals surface area (Å²) in [5.74, 6) is 0.380. The number of pyridine rings is 1. The summed E-state index contributed by atoms with van der Waals surface area (Å²) in [5.41, 5.74) is 6.84. The number of likely N-dealkylation sites (N-methyl/N-ethyl adjacent to an activating group) is 1. The van der Waals surface area contributed by atoms with Crippen LogP contribution < -0.4 is 5.73 Å². The third kappa shape index (κ3) is 2.38. The lowest BCUT2D eigenvalue weighted by Gasteiger charge is -2.37. The summed E-state index contributed by atoms with van der Waals surface area (Å²) in [5, 5.41) is 0. The Morgan fingerprint density at radius 3 is 2.39 bits per heavy atom. The second-order valence-corrected chi connectivity index (χ2v) is 4.91. The minimum absolute atomic E-state index is 0.0613. The van der Waals surface area contributed by atoms with Gasteiger partial charge in [-0.3, -0.25) is 9.69 Å². The number of ketones is 1. The zero-order valence-corrected chi connectivity index (χ0v) is 11.9. The summed E-state index contributed by atoms with van der Waals surface area (Å²) in [6, 6.07) is 1.83. The normalized spacial score (nSPS) is 11.9. The number of nitrogens with two attached hydrogens (primary N) is 1. The Bertz CT molecular complexity index is 437. The number of Topliss-reactive ketones (excluding diaryl/α,β-unsaturated/α-hetero) is 1. The fourth-order valence-electron chi connectivity index (χ4n) is 2.42. The van der Waals surface area contributed by atoms with E-state index in [1.165, 1.54) is 0 Å². The van der Waals surface area contributed by atoms with Crippen molar-refractivity contribution in [2.45, 2.75) is 39.2 Å². The van der Waals surface area contributed by atoms with Gasteiger partial charge in [0.15, 0.2) is 5.78 Å². The molecule has 4 nitrogen and oxygen atoms in total. The molecule has 0 bridgehead atoms. The van der Waals surface area contributed by atoms with Crippen molar-refractivity contribution in [3.8, 4) is 0 Å². The van der Waals surface area contributed by atoms with Crippen LogP contribution in [0, 0.1) is 6.92 Å². The van der Waals surface area contributed by atoms with Crippen molar-refractivity contribution in [2.24, 2.45) is 0 Å². The molecule has 1 rings (SSSR count). The van der Waals surface area contributed by atoms with E-state index in [1.807, 2.05) is 45.8 Å². The first-order valence-electron chi connectivity index (χ1n) is 6.33. The lowest BCUT2D eigenvalue weighted by atomic mass is 9.83. The fraction of sp³-hybridized carbons (Fsp3) is 0.571. The van der Waals surface area contributed by atoms with E-state index in [9.17, 15) is 4.79 Å². The molecule has 4 heteroatoms. The molecule has 0 aliphatic rings. The first-order chi connectivity index (χ1) is 8.39. The van der Waals surface area contributed by atoms with Gasteiger partial charge in [0.05, 0.1) is 11.1 Å². The van der Waals surface area contributed by atoms with E-state index < -0.39 is 5.54 Å². The Kier molecular flexibility index (Phi) is 4.46. The number of anilines is 1. The second-order valence-electron chi connectivity index (χ2n) is 4.91. The molecule has 0 aromatic carbocycles. The van der Waals surface area contributed by atoms with E-state index in [0.717, 1.165) is 18.4 Å². The summed E-state index contributed by atoms with van der Waals surface area (Å²) in [4.78, 5) is 18.8. The van der Waals surface area contributed by atoms with Crippen LogP contribution >= 0.6 is 0 Å². The number of nitrogen functional groups attached to an aromatic ring is 1. The molecule has 0 amide bonds. The summed E-state index contributed by atoms with van der Waals surface area (Å²) < 4.78 is 0. The van der Waals surface area contributed by atoms with Crippen molar-refractivity contribution >= 4 is 11.6 Å². The second kappa shape index (κ2) is 5.48. The fourth-order valence-corrected chi connectivity index (χ4v) is 2.42. The summed E-state index contributed by atoms with van der Waals surface area (Å²) in [6.45, 7) is 5.97. The van der Waals surface area contributed by atoms with E-state index in [2.05, 4.69) is 4.98 Å². The maximum Gasteiger partial charge on any atom is 0.186 e. The van der Waals surface area contributed by atoms with Gasteiger partial charge in [-0.15, -0.1) is 0 Å². The monoisotopic (exact) mass is 249 g/mol. The molecule has 0 fully saturated rings. The van der Waals surface area contributed by atoms with Gasteiger partial charge in [-0.1, -0.05) is 13.8 Å². The van der Waals surface area contributed by atoms with Gasteiger partial charge >= 0.3 is 0 Å². The van der Waals surface area contributed by atoms with Gasteiger partial charge in [-0.2, -0.15) is 0 Å². The Balaban J connectivity index is 3.30. The van der Waals surface area contributed by atoms with Gasteiger partial charge in [-0.25, -0.2) is 4.98 Å². The van der Waals surface area contributed by atoms with E-state index in [1.54, 1.807) is 6.20 Å². The first kappa shape index (κ1) is 14.6. The highest BCUT2D eigenvalue weighted by Crippen LogP contribution is 2.28. The number of nitrogens with zero attached hydrogens (tertiary/aromatic N) is 2. The van der Waals surface area contributed by atoms with Crippen molar-refractivity contribution in [2.75, 3.05) is 19.8 Å². The molecule has 0 saturated heterocycles. The molecule has 1 aromatic heterocycles.